The molecule has 4 heteroatoms. The Kier molecular flexibility index (Phi) is 4.75. The van der Waals surface area contributed by atoms with Crippen LogP contribution in [0.1, 0.15) is 43.4 Å². The molecule has 0 amide bonds. The van der Waals surface area contributed by atoms with Crippen molar-refractivity contribution in [3.63, 3.8) is 0 Å². The molecule has 1 aromatic rings. The molecular weight excluding hydrogens is 218 g/mol. The van der Waals surface area contributed by atoms with E-state index in [4.69, 9.17) is 5.84 Å². The van der Waals surface area contributed by atoms with Crippen LogP contribution in [-0.2, 0) is 6.42 Å². The first-order valence-electron chi connectivity index (χ1n) is 6.22. The van der Waals surface area contributed by atoms with Crippen LogP contribution in [0.25, 0.3) is 0 Å². The van der Waals surface area contributed by atoms with E-state index in [9.17, 15) is 0 Å². The maximum Gasteiger partial charge on any atom is 0.0794 e. The first-order valence-corrected chi connectivity index (χ1v) is 7.10. The van der Waals surface area contributed by atoms with Crippen molar-refractivity contribution in [1.82, 2.24) is 10.4 Å². The predicted octanol–water partition coefficient (Wildman–Crippen LogP) is 2.49. The minimum atomic E-state index is 0.420. The van der Waals surface area contributed by atoms with Gasteiger partial charge in [0.2, 0.25) is 0 Å². The first kappa shape index (κ1) is 12.0. The smallest absolute Gasteiger partial charge is 0.0794 e. The molecule has 90 valence electrons. The second kappa shape index (κ2) is 6.33. The molecule has 0 spiro atoms. The molecule has 0 aromatic carbocycles. The van der Waals surface area contributed by atoms with Crippen molar-refractivity contribution in [2.45, 2.75) is 51.0 Å². The highest BCUT2D eigenvalue weighted by Crippen LogP contribution is 2.28. The molecule has 0 saturated heterocycles. The average Bonchev–Trinajstić information content (AvgIpc) is 2.82. The quantitative estimate of drug-likeness (QED) is 0.613. The molecule has 2 rings (SSSR count). The van der Waals surface area contributed by atoms with Gasteiger partial charge in [-0.1, -0.05) is 32.1 Å². The van der Waals surface area contributed by atoms with Gasteiger partial charge in [0.15, 0.2) is 0 Å². The Morgan fingerprint density at radius 2 is 2.25 bits per heavy atom. The van der Waals surface area contributed by atoms with Crippen LogP contribution in [0, 0.1) is 5.92 Å². The Bertz CT molecular complexity index is 280. The lowest BCUT2D eigenvalue weighted by Crippen LogP contribution is -2.38. The van der Waals surface area contributed by atoms with E-state index in [1.54, 1.807) is 11.3 Å². The van der Waals surface area contributed by atoms with Crippen molar-refractivity contribution in [2.75, 3.05) is 0 Å². The zero-order valence-corrected chi connectivity index (χ0v) is 10.5. The normalized spacial score (nSPS) is 19.8. The zero-order valence-electron chi connectivity index (χ0n) is 9.69. The Hall–Kier alpha value is -0.450. The third kappa shape index (κ3) is 3.54. The van der Waals surface area contributed by atoms with E-state index in [2.05, 4.69) is 10.4 Å². The largest absolute Gasteiger partial charge is 0.271 e. The van der Waals surface area contributed by atoms with Gasteiger partial charge in [0, 0.05) is 23.5 Å². The number of aromatic nitrogens is 1. The molecule has 0 bridgehead atoms. The van der Waals surface area contributed by atoms with Gasteiger partial charge in [-0.2, -0.15) is 0 Å². The number of hydrazine groups is 1. The molecule has 16 heavy (non-hydrogen) atoms. The average molecular weight is 239 g/mol. The molecule has 1 unspecified atom stereocenters. The summed E-state index contributed by atoms with van der Waals surface area (Å²) < 4.78 is 0. The lowest BCUT2D eigenvalue weighted by atomic mass is 9.84. The van der Waals surface area contributed by atoms with E-state index in [1.165, 1.54) is 43.4 Å². The summed E-state index contributed by atoms with van der Waals surface area (Å²) >= 11 is 1.72. The maximum atomic E-state index is 5.64. The van der Waals surface area contributed by atoms with Crippen LogP contribution < -0.4 is 11.3 Å². The minimum Gasteiger partial charge on any atom is -0.271 e. The van der Waals surface area contributed by atoms with Crippen molar-refractivity contribution >= 4 is 11.3 Å². The van der Waals surface area contributed by atoms with Gasteiger partial charge in [0.1, 0.15) is 0 Å². The monoisotopic (exact) mass is 239 g/mol. The lowest BCUT2D eigenvalue weighted by molar-refractivity contribution is 0.298. The second-order valence-corrected chi connectivity index (χ2v) is 5.75. The van der Waals surface area contributed by atoms with Crippen molar-refractivity contribution in [3.8, 4) is 0 Å². The predicted molar refractivity (Wildman–Crippen MR) is 68.1 cm³/mol. The number of rotatable bonds is 5. The molecule has 0 radical (unpaired) electrons. The fourth-order valence-electron chi connectivity index (χ4n) is 2.62. The van der Waals surface area contributed by atoms with Crippen LogP contribution in [0.4, 0.5) is 0 Å². The van der Waals surface area contributed by atoms with Crippen LogP contribution >= 0.6 is 11.3 Å². The summed E-state index contributed by atoms with van der Waals surface area (Å²) in [6, 6.07) is 0.420. The number of hydrogen-bond donors (Lipinski definition) is 2. The minimum absolute atomic E-state index is 0.420. The molecule has 1 heterocycles. The van der Waals surface area contributed by atoms with Gasteiger partial charge in [0.25, 0.3) is 0 Å². The number of nitrogens with zero attached hydrogens (tertiary/aromatic N) is 1. The van der Waals surface area contributed by atoms with Gasteiger partial charge >= 0.3 is 0 Å². The fraction of sp³-hybridized carbons (Fsp3) is 0.750. The zero-order chi connectivity index (χ0) is 11.2. The van der Waals surface area contributed by atoms with Crippen molar-refractivity contribution < 1.29 is 0 Å². The number of nitrogens with one attached hydrogen (secondary N) is 1. The van der Waals surface area contributed by atoms with Gasteiger partial charge in [-0.3, -0.25) is 16.3 Å². The van der Waals surface area contributed by atoms with E-state index in [0.29, 0.717) is 6.04 Å². The molecule has 0 aliphatic heterocycles. The second-order valence-electron chi connectivity index (χ2n) is 4.78. The summed E-state index contributed by atoms with van der Waals surface area (Å²) in [6.07, 6.45) is 11.2. The summed E-state index contributed by atoms with van der Waals surface area (Å²) in [5.41, 5.74) is 4.86. The molecule has 1 saturated carbocycles. The highest BCUT2D eigenvalue weighted by atomic mass is 32.1. The van der Waals surface area contributed by atoms with Crippen molar-refractivity contribution in [2.24, 2.45) is 11.8 Å². The Balaban J connectivity index is 1.80. The van der Waals surface area contributed by atoms with E-state index in [1.807, 2.05) is 11.7 Å². The van der Waals surface area contributed by atoms with Crippen LogP contribution in [0.2, 0.25) is 0 Å². The molecule has 1 fully saturated rings. The van der Waals surface area contributed by atoms with Crippen molar-refractivity contribution in [3.05, 3.63) is 16.6 Å². The van der Waals surface area contributed by atoms with Gasteiger partial charge in [-0.15, -0.1) is 11.3 Å². The third-order valence-electron chi connectivity index (χ3n) is 3.51. The van der Waals surface area contributed by atoms with E-state index in [-0.39, 0.29) is 0 Å². The lowest BCUT2D eigenvalue weighted by Gasteiger charge is -2.25. The van der Waals surface area contributed by atoms with E-state index in [0.717, 1.165) is 12.3 Å². The maximum absolute atomic E-state index is 5.64. The van der Waals surface area contributed by atoms with Crippen LogP contribution in [-0.4, -0.2) is 11.0 Å². The summed E-state index contributed by atoms with van der Waals surface area (Å²) in [5.74, 6) is 6.52. The molecule has 3 nitrogen and oxygen atoms in total. The SMILES string of the molecule is NNC(Cc1cncs1)CC1CCCCC1. The summed E-state index contributed by atoms with van der Waals surface area (Å²) in [6.45, 7) is 0. The summed E-state index contributed by atoms with van der Waals surface area (Å²) in [7, 11) is 0. The van der Waals surface area contributed by atoms with Gasteiger partial charge in [0.05, 0.1) is 5.51 Å². The summed E-state index contributed by atoms with van der Waals surface area (Å²) in [5, 5.41) is 0. The topological polar surface area (TPSA) is 50.9 Å². The van der Waals surface area contributed by atoms with E-state index >= 15 is 0 Å². The van der Waals surface area contributed by atoms with Crippen LogP contribution in [0.15, 0.2) is 11.7 Å². The number of thiazole rings is 1. The molecule has 1 aromatic heterocycles. The highest BCUT2D eigenvalue weighted by Gasteiger charge is 2.18. The molecule has 1 aliphatic rings. The standard InChI is InChI=1S/C12H21N3S/c13-15-11(7-12-8-14-9-16-12)6-10-4-2-1-3-5-10/h8-11,15H,1-7,13H2. The third-order valence-corrected chi connectivity index (χ3v) is 4.31. The summed E-state index contributed by atoms with van der Waals surface area (Å²) in [4.78, 5) is 5.44. The Labute approximate surface area is 101 Å². The first-order chi connectivity index (χ1) is 7.88. The van der Waals surface area contributed by atoms with Gasteiger partial charge < -0.3 is 0 Å². The van der Waals surface area contributed by atoms with Gasteiger partial charge in [-0.05, 0) is 12.3 Å². The molecule has 1 atom stereocenters. The molecule has 3 N–H and O–H groups in total. The molecular formula is C12H21N3S. The van der Waals surface area contributed by atoms with Crippen molar-refractivity contribution in [1.29, 1.82) is 0 Å². The molecule has 1 aliphatic carbocycles. The van der Waals surface area contributed by atoms with Crippen LogP contribution in [0.5, 0.6) is 0 Å². The van der Waals surface area contributed by atoms with Crippen LogP contribution in [0.3, 0.4) is 0 Å². The fourth-order valence-corrected chi connectivity index (χ4v) is 3.30. The Morgan fingerprint density at radius 1 is 1.44 bits per heavy atom. The highest BCUT2D eigenvalue weighted by molar-refractivity contribution is 7.09. The number of hydrogen-bond acceptors (Lipinski definition) is 4. The number of nitrogens with two attached hydrogens (primary N) is 1. The van der Waals surface area contributed by atoms with E-state index < -0.39 is 0 Å². The Morgan fingerprint density at radius 3 is 2.88 bits per heavy atom. The van der Waals surface area contributed by atoms with Gasteiger partial charge in [-0.25, -0.2) is 0 Å².